The number of halogens is 2. The van der Waals surface area contributed by atoms with Crippen molar-refractivity contribution in [2.75, 3.05) is 0 Å². The zero-order chi connectivity index (χ0) is 13.9. The van der Waals surface area contributed by atoms with Gasteiger partial charge in [0.25, 0.3) is 0 Å². The minimum absolute atomic E-state index is 0.230. The number of hydrogen-bond donors (Lipinski definition) is 0. The Kier molecular flexibility index (Phi) is 3.68. The summed E-state index contributed by atoms with van der Waals surface area (Å²) in [5, 5.41) is 0.935. The Balaban J connectivity index is 2.16. The highest BCUT2D eigenvalue weighted by Crippen LogP contribution is 2.31. The average molecular weight is 300 g/mol. The highest BCUT2D eigenvalue weighted by molar-refractivity contribution is 6.30. The van der Waals surface area contributed by atoms with Crippen LogP contribution in [0, 0.1) is 6.07 Å². The van der Waals surface area contributed by atoms with Crippen molar-refractivity contribution >= 4 is 23.2 Å². The third-order valence-electron chi connectivity index (χ3n) is 2.89. The van der Waals surface area contributed by atoms with Crippen molar-refractivity contribution < 1.29 is 0 Å². The van der Waals surface area contributed by atoms with Gasteiger partial charge in [0, 0.05) is 16.8 Å². The van der Waals surface area contributed by atoms with Gasteiger partial charge in [-0.2, -0.15) is 0 Å². The number of aromatic nitrogens is 2. The molecule has 2 nitrogen and oxygen atoms in total. The molecule has 0 amide bonds. The fraction of sp³-hybridized carbons (Fsp3) is 0. The van der Waals surface area contributed by atoms with E-state index in [1.807, 2.05) is 48.5 Å². The van der Waals surface area contributed by atoms with Gasteiger partial charge >= 0.3 is 0 Å². The van der Waals surface area contributed by atoms with Crippen molar-refractivity contribution in [1.29, 1.82) is 0 Å². The van der Waals surface area contributed by atoms with Crippen LogP contribution in [0.1, 0.15) is 0 Å². The van der Waals surface area contributed by atoms with Crippen molar-refractivity contribution in [2.24, 2.45) is 0 Å². The molecule has 1 radical (unpaired) electrons. The van der Waals surface area contributed by atoms with Crippen LogP contribution in [0.5, 0.6) is 0 Å². The van der Waals surface area contributed by atoms with E-state index in [1.54, 1.807) is 6.20 Å². The van der Waals surface area contributed by atoms with E-state index < -0.39 is 0 Å². The molecule has 0 aliphatic carbocycles. The SMILES string of the molecule is Clc1ccc(-c2[c]cccc2-c2ccnc(Cl)n2)cc1. The molecular formula is C16H9Cl2N2. The van der Waals surface area contributed by atoms with Crippen LogP contribution in [-0.4, -0.2) is 9.97 Å². The Morgan fingerprint density at radius 3 is 2.50 bits per heavy atom. The Morgan fingerprint density at radius 1 is 0.950 bits per heavy atom. The normalized spacial score (nSPS) is 10.5. The minimum Gasteiger partial charge on any atom is -0.226 e. The predicted octanol–water partition coefficient (Wildman–Crippen LogP) is 4.92. The Morgan fingerprint density at radius 2 is 1.75 bits per heavy atom. The second-order valence-corrected chi connectivity index (χ2v) is 4.95. The standard InChI is InChI=1S/C16H9Cl2N2/c17-12-7-5-11(6-8-12)13-3-1-2-4-14(13)15-9-10-19-16(18)20-15/h1-2,4-10H. The third kappa shape index (κ3) is 2.67. The molecule has 0 fully saturated rings. The summed E-state index contributed by atoms with van der Waals surface area (Å²) in [5.41, 5.74) is 3.71. The first kappa shape index (κ1) is 13.1. The molecule has 0 saturated heterocycles. The molecule has 0 spiro atoms. The summed E-state index contributed by atoms with van der Waals surface area (Å²) >= 11 is 11.8. The lowest BCUT2D eigenvalue weighted by Crippen LogP contribution is -1.90. The fourth-order valence-electron chi connectivity index (χ4n) is 1.99. The van der Waals surface area contributed by atoms with Gasteiger partial charge in [-0.1, -0.05) is 41.9 Å². The first-order chi connectivity index (χ1) is 9.74. The predicted molar refractivity (Wildman–Crippen MR) is 81.8 cm³/mol. The molecule has 0 bridgehead atoms. The summed E-state index contributed by atoms with van der Waals surface area (Å²) in [6.07, 6.45) is 1.64. The molecule has 0 N–H and O–H groups in total. The zero-order valence-corrected chi connectivity index (χ0v) is 11.9. The smallest absolute Gasteiger partial charge is 0.222 e. The van der Waals surface area contributed by atoms with E-state index in [9.17, 15) is 0 Å². The number of rotatable bonds is 2. The van der Waals surface area contributed by atoms with Crippen LogP contribution in [0.25, 0.3) is 22.4 Å². The quantitative estimate of drug-likeness (QED) is 0.628. The Labute approximate surface area is 127 Å². The van der Waals surface area contributed by atoms with Gasteiger partial charge in [0.05, 0.1) is 5.69 Å². The summed E-state index contributed by atoms with van der Waals surface area (Å²) < 4.78 is 0. The molecule has 0 unspecified atom stereocenters. The average Bonchev–Trinajstić information content (AvgIpc) is 2.48. The first-order valence-corrected chi connectivity index (χ1v) is 6.75. The maximum absolute atomic E-state index is 5.93. The first-order valence-electron chi connectivity index (χ1n) is 5.99. The highest BCUT2D eigenvalue weighted by atomic mass is 35.5. The fourth-order valence-corrected chi connectivity index (χ4v) is 2.26. The topological polar surface area (TPSA) is 25.8 Å². The maximum atomic E-state index is 5.93. The second-order valence-electron chi connectivity index (χ2n) is 4.18. The van der Waals surface area contributed by atoms with Gasteiger partial charge in [-0.05, 0) is 47.0 Å². The van der Waals surface area contributed by atoms with E-state index in [-0.39, 0.29) is 5.28 Å². The van der Waals surface area contributed by atoms with Crippen molar-refractivity contribution in [3.8, 4) is 22.4 Å². The van der Waals surface area contributed by atoms with E-state index in [2.05, 4.69) is 16.0 Å². The van der Waals surface area contributed by atoms with E-state index >= 15 is 0 Å². The van der Waals surface area contributed by atoms with E-state index in [0.717, 1.165) is 22.4 Å². The van der Waals surface area contributed by atoms with Gasteiger partial charge in [0.1, 0.15) is 0 Å². The molecule has 20 heavy (non-hydrogen) atoms. The molecule has 2 aromatic carbocycles. The third-order valence-corrected chi connectivity index (χ3v) is 3.33. The van der Waals surface area contributed by atoms with Gasteiger partial charge in [-0.15, -0.1) is 0 Å². The molecule has 97 valence electrons. The van der Waals surface area contributed by atoms with Crippen LogP contribution < -0.4 is 0 Å². The van der Waals surface area contributed by atoms with Crippen molar-refractivity contribution in [2.45, 2.75) is 0 Å². The lowest BCUT2D eigenvalue weighted by molar-refractivity contribution is 1.17. The van der Waals surface area contributed by atoms with Gasteiger partial charge in [0.15, 0.2) is 0 Å². The molecule has 0 saturated carbocycles. The minimum atomic E-state index is 0.230. The second kappa shape index (κ2) is 5.61. The summed E-state index contributed by atoms with van der Waals surface area (Å²) in [4.78, 5) is 8.16. The molecule has 1 aromatic heterocycles. The van der Waals surface area contributed by atoms with Crippen LogP contribution in [0.2, 0.25) is 10.3 Å². The summed E-state index contributed by atoms with van der Waals surface area (Å²) in [6.45, 7) is 0. The highest BCUT2D eigenvalue weighted by Gasteiger charge is 2.09. The van der Waals surface area contributed by atoms with Crippen molar-refractivity contribution in [1.82, 2.24) is 9.97 Å². The number of nitrogens with zero attached hydrogens (tertiary/aromatic N) is 2. The van der Waals surface area contributed by atoms with Crippen molar-refractivity contribution in [3.05, 3.63) is 71.1 Å². The van der Waals surface area contributed by atoms with Gasteiger partial charge in [0.2, 0.25) is 5.28 Å². The zero-order valence-electron chi connectivity index (χ0n) is 10.3. The molecule has 1 heterocycles. The largest absolute Gasteiger partial charge is 0.226 e. The monoisotopic (exact) mass is 299 g/mol. The molecule has 0 aliphatic heterocycles. The number of benzene rings is 2. The maximum Gasteiger partial charge on any atom is 0.222 e. The summed E-state index contributed by atoms with van der Waals surface area (Å²) in [5.74, 6) is 0. The summed E-state index contributed by atoms with van der Waals surface area (Å²) in [6, 6.07) is 18.5. The Hall–Kier alpha value is -1.90. The molecule has 0 atom stereocenters. The van der Waals surface area contributed by atoms with Gasteiger partial charge in [-0.25, -0.2) is 9.97 Å². The van der Waals surface area contributed by atoms with E-state index in [0.29, 0.717) is 5.02 Å². The molecule has 4 heteroatoms. The van der Waals surface area contributed by atoms with E-state index in [1.165, 1.54) is 0 Å². The molecule has 3 aromatic rings. The Bertz CT molecular complexity index is 739. The van der Waals surface area contributed by atoms with Crippen LogP contribution in [0.4, 0.5) is 0 Å². The van der Waals surface area contributed by atoms with Gasteiger partial charge in [-0.3, -0.25) is 0 Å². The molecule has 3 rings (SSSR count). The lowest BCUT2D eigenvalue weighted by atomic mass is 9.98. The van der Waals surface area contributed by atoms with Crippen LogP contribution in [0.15, 0.2) is 54.7 Å². The molecule has 0 aliphatic rings. The number of hydrogen-bond acceptors (Lipinski definition) is 2. The van der Waals surface area contributed by atoms with Crippen molar-refractivity contribution in [3.63, 3.8) is 0 Å². The van der Waals surface area contributed by atoms with Crippen LogP contribution >= 0.6 is 23.2 Å². The van der Waals surface area contributed by atoms with Gasteiger partial charge < -0.3 is 0 Å². The van der Waals surface area contributed by atoms with Crippen LogP contribution in [-0.2, 0) is 0 Å². The van der Waals surface area contributed by atoms with E-state index in [4.69, 9.17) is 23.2 Å². The lowest BCUT2D eigenvalue weighted by Gasteiger charge is -2.09. The summed E-state index contributed by atoms with van der Waals surface area (Å²) in [7, 11) is 0. The van der Waals surface area contributed by atoms with Crippen LogP contribution in [0.3, 0.4) is 0 Å². The molecular weight excluding hydrogens is 291 g/mol.